The Morgan fingerprint density at radius 1 is 1.32 bits per heavy atom. The van der Waals surface area contributed by atoms with Crippen LogP contribution >= 0.6 is 0 Å². The van der Waals surface area contributed by atoms with Gasteiger partial charge in [0, 0.05) is 12.6 Å². The van der Waals surface area contributed by atoms with E-state index in [4.69, 9.17) is 4.74 Å². The van der Waals surface area contributed by atoms with Crippen LogP contribution in [0.1, 0.15) is 32.8 Å². The molecule has 5 heteroatoms. The first kappa shape index (κ1) is 16.0. The maximum Gasteiger partial charge on any atom is 0.488 e. The van der Waals surface area contributed by atoms with Gasteiger partial charge in [-0.05, 0) is 50.0 Å². The summed E-state index contributed by atoms with van der Waals surface area (Å²) in [5, 5.41) is 18.9. The third kappa shape index (κ3) is 4.53. The van der Waals surface area contributed by atoms with Crippen LogP contribution in [-0.2, 0) is 6.54 Å². The largest absolute Gasteiger partial charge is 0.497 e. The molecule has 106 valence electrons. The monoisotopic (exact) mass is 265 g/mol. The molecule has 0 aliphatic rings. The standard InChI is InChI=1S/C14H24BNO3/c1-5-8-16(11(2)3)10-12-9-13(19-4)6-7-14(12)15(17)18/h6-7,9,11,17-18H,5,8,10H2,1-4H3. The zero-order valence-corrected chi connectivity index (χ0v) is 12.3. The number of rotatable bonds is 7. The fourth-order valence-corrected chi connectivity index (χ4v) is 2.12. The minimum absolute atomic E-state index is 0.412. The predicted molar refractivity (Wildman–Crippen MR) is 78.7 cm³/mol. The molecule has 0 aliphatic carbocycles. The molecular formula is C14H24BNO3. The number of hydrogen-bond donors (Lipinski definition) is 2. The van der Waals surface area contributed by atoms with E-state index >= 15 is 0 Å². The quantitative estimate of drug-likeness (QED) is 0.722. The third-order valence-electron chi connectivity index (χ3n) is 3.24. The zero-order chi connectivity index (χ0) is 14.4. The van der Waals surface area contributed by atoms with Crippen molar-refractivity contribution in [2.24, 2.45) is 0 Å². The van der Waals surface area contributed by atoms with Crippen molar-refractivity contribution >= 4 is 12.6 Å². The van der Waals surface area contributed by atoms with Gasteiger partial charge in [-0.2, -0.15) is 0 Å². The molecule has 1 aromatic carbocycles. The smallest absolute Gasteiger partial charge is 0.488 e. The van der Waals surface area contributed by atoms with Gasteiger partial charge >= 0.3 is 7.12 Å². The Bertz CT molecular complexity index is 396. The molecule has 0 bridgehead atoms. The second-order valence-electron chi connectivity index (χ2n) is 5.00. The van der Waals surface area contributed by atoms with Crippen LogP contribution in [0.15, 0.2) is 18.2 Å². The number of benzene rings is 1. The van der Waals surface area contributed by atoms with Gasteiger partial charge in [-0.1, -0.05) is 13.0 Å². The summed E-state index contributed by atoms with van der Waals surface area (Å²) < 4.78 is 5.21. The van der Waals surface area contributed by atoms with Gasteiger partial charge in [0.15, 0.2) is 0 Å². The van der Waals surface area contributed by atoms with Crippen molar-refractivity contribution < 1.29 is 14.8 Å². The summed E-state index contributed by atoms with van der Waals surface area (Å²) in [5.74, 6) is 0.736. The fraction of sp³-hybridized carbons (Fsp3) is 0.571. The highest BCUT2D eigenvalue weighted by Gasteiger charge is 2.19. The van der Waals surface area contributed by atoms with Gasteiger partial charge in [0.2, 0.25) is 0 Å². The second kappa shape index (κ2) is 7.53. The molecule has 1 rings (SSSR count). The molecule has 1 aromatic rings. The Morgan fingerprint density at radius 2 is 2.00 bits per heavy atom. The van der Waals surface area contributed by atoms with E-state index in [0.717, 1.165) is 24.3 Å². The highest BCUT2D eigenvalue weighted by molar-refractivity contribution is 6.59. The van der Waals surface area contributed by atoms with E-state index in [0.29, 0.717) is 18.0 Å². The van der Waals surface area contributed by atoms with Gasteiger partial charge in [0.1, 0.15) is 5.75 Å². The van der Waals surface area contributed by atoms with Crippen molar-refractivity contribution in [2.45, 2.75) is 39.8 Å². The van der Waals surface area contributed by atoms with Gasteiger partial charge in [-0.25, -0.2) is 0 Å². The molecule has 4 nitrogen and oxygen atoms in total. The van der Waals surface area contributed by atoms with E-state index < -0.39 is 7.12 Å². The van der Waals surface area contributed by atoms with Crippen LogP contribution in [0, 0.1) is 0 Å². The molecule has 0 fully saturated rings. The van der Waals surface area contributed by atoms with Crippen molar-refractivity contribution in [1.82, 2.24) is 4.90 Å². The highest BCUT2D eigenvalue weighted by atomic mass is 16.5. The molecule has 19 heavy (non-hydrogen) atoms. The molecule has 0 saturated heterocycles. The van der Waals surface area contributed by atoms with Gasteiger partial charge in [0.05, 0.1) is 7.11 Å². The van der Waals surface area contributed by atoms with Gasteiger partial charge in [-0.15, -0.1) is 0 Å². The van der Waals surface area contributed by atoms with E-state index in [-0.39, 0.29) is 0 Å². The Morgan fingerprint density at radius 3 is 2.47 bits per heavy atom. The molecule has 0 unspecified atom stereocenters. The van der Waals surface area contributed by atoms with Gasteiger partial charge < -0.3 is 14.8 Å². The second-order valence-corrected chi connectivity index (χ2v) is 5.00. The summed E-state index contributed by atoms with van der Waals surface area (Å²) in [6, 6.07) is 5.75. The van der Waals surface area contributed by atoms with Crippen LogP contribution in [0.25, 0.3) is 0 Å². The van der Waals surface area contributed by atoms with E-state index in [9.17, 15) is 10.0 Å². The summed E-state index contributed by atoms with van der Waals surface area (Å²) in [4.78, 5) is 2.31. The average molecular weight is 265 g/mol. The Balaban J connectivity index is 3.01. The topological polar surface area (TPSA) is 52.9 Å². The van der Waals surface area contributed by atoms with E-state index in [2.05, 4.69) is 25.7 Å². The molecular weight excluding hydrogens is 241 g/mol. The van der Waals surface area contributed by atoms with Crippen LogP contribution in [0.5, 0.6) is 5.75 Å². The number of nitrogens with zero attached hydrogens (tertiary/aromatic N) is 1. The third-order valence-corrected chi connectivity index (χ3v) is 3.24. The van der Waals surface area contributed by atoms with Crippen molar-refractivity contribution in [3.63, 3.8) is 0 Å². The Hall–Kier alpha value is -1.04. The summed E-state index contributed by atoms with van der Waals surface area (Å²) in [5.41, 5.74) is 1.44. The lowest BCUT2D eigenvalue weighted by Gasteiger charge is -2.27. The van der Waals surface area contributed by atoms with Crippen molar-refractivity contribution in [1.29, 1.82) is 0 Å². The van der Waals surface area contributed by atoms with E-state index in [1.54, 1.807) is 19.2 Å². The molecule has 0 atom stereocenters. The number of hydrogen-bond acceptors (Lipinski definition) is 4. The fourth-order valence-electron chi connectivity index (χ4n) is 2.12. The summed E-state index contributed by atoms with van der Waals surface area (Å²) in [6.45, 7) is 8.10. The predicted octanol–water partition coefficient (Wildman–Crippen LogP) is 0.995. The van der Waals surface area contributed by atoms with Gasteiger partial charge in [-0.3, -0.25) is 4.90 Å². The lowest BCUT2D eigenvalue weighted by molar-refractivity contribution is 0.213. The minimum Gasteiger partial charge on any atom is -0.497 e. The molecule has 0 radical (unpaired) electrons. The van der Waals surface area contributed by atoms with Crippen molar-refractivity contribution in [3.8, 4) is 5.75 Å². The molecule has 0 spiro atoms. The Labute approximate surface area is 116 Å². The van der Waals surface area contributed by atoms with Crippen molar-refractivity contribution in [3.05, 3.63) is 23.8 Å². The maximum absolute atomic E-state index is 9.45. The molecule has 0 amide bonds. The first-order valence-corrected chi connectivity index (χ1v) is 6.76. The first-order chi connectivity index (χ1) is 8.99. The maximum atomic E-state index is 9.45. The van der Waals surface area contributed by atoms with E-state index in [1.165, 1.54) is 0 Å². The molecule has 0 aliphatic heterocycles. The van der Waals surface area contributed by atoms with Crippen LogP contribution in [0.4, 0.5) is 0 Å². The normalized spacial score (nSPS) is 11.2. The number of methoxy groups -OCH3 is 1. The summed E-state index contributed by atoms with van der Waals surface area (Å²) in [7, 11) is 0.164. The minimum atomic E-state index is -1.45. The lowest BCUT2D eigenvalue weighted by Crippen LogP contribution is -2.38. The van der Waals surface area contributed by atoms with Crippen LogP contribution < -0.4 is 10.2 Å². The van der Waals surface area contributed by atoms with Gasteiger partial charge in [0.25, 0.3) is 0 Å². The Kier molecular flexibility index (Phi) is 6.35. The van der Waals surface area contributed by atoms with Crippen molar-refractivity contribution in [2.75, 3.05) is 13.7 Å². The molecule has 0 aromatic heterocycles. The SMILES string of the molecule is CCCN(Cc1cc(OC)ccc1B(O)O)C(C)C. The number of ether oxygens (including phenoxy) is 1. The van der Waals surface area contributed by atoms with Crippen LogP contribution in [-0.4, -0.2) is 41.8 Å². The van der Waals surface area contributed by atoms with Crippen LogP contribution in [0.3, 0.4) is 0 Å². The van der Waals surface area contributed by atoms with E-state index in [1.807, 2.05) is 6.07 Å². The highest BCUT2D eigenvalue weighted by Crippen LogP contribution is 2.15. The van der Waals surface area contributed by atoms with Crippen LogP contribution in [0.2, 0.25) is 0 Å². The lowest BCUT2D eigenvalue weighted by atomic mass is 9.76. The molecule has 0 heterocycles. The zero-order valence-electron chi connectivity index (χ0n) is 12.3. The summed E-state index contributed by atoms with van der Waals surface area (Å²) in [6.07, 6.45) is 1.07. The average Bonchev–Trinajstić information content (AvgIpc) is 2.37. The first-order valence-electron chi connectivity index (χ1n) is 6.76. The molecule has 2 N–H and O–H groups in total. The molecule has 0 saturated carbocycles. The summed E-state index contributed by atoms with van der Waals surface area (Å²) >= 11 is 0.